The predicted molar refractivity (Wildman–Crippen MR) is 31.6 cm³/mol. The fourth-order valence-corrected chi connectivity index (χ4v) is 2.59. The van der Waals surface area contributed by atoms with Crippen LogP contribution in [0.2, 0.25) is 0 Å². The molecule has 0 aromatic carbocycles. The second-order valence-electron chi connectivity index (χ2n) is 0.881. The van der Waals surface area contributed by atoms with E-state index in [4.69, 9.17) is 0 Å². The summed E-state index contributed by atoms with van der Waals surface area (Å²) in [5.41, 5.74) is 0. The van der Waals surface area contributed by atoms with Crippen LogP contribution in [-0.4, -0.2) is 14.6 Å². The molecule has 0 saturated carbocycles. The van der Waals surface area contributed by atoms with Gasteiger partial charge in [-0.3, -0.25) is 0 Å². The number of hydrogen-bond acceptors (Lipinski definition) is 1. The molecule has 0 nitrogen and oxygen atoms in total. The Morgan fingerprint density at radius 2 is 2.33 bits per heavy atom. The summed E-state index contributed by atoms with van der Waals surface area (Å²) in [6.07, 6.45) is 4.18. The molecule has 31 valence electrons. The van der Waals surface area contributed by atoms with Gasteiger partial charge in [0.05, 0.1) is 0 Å². The van der Waals surface area contributed by atoms with Crippen molar-refractivity contribution >= 4 is 24.6 Å². The van der Waals surface area contributed by atoms with Crippen molar-refractivity contribution in [2.45, 2.75) is 0 Å². The Balaban J connectivity index is 2.46. The molecule has 1 radical (unpaired) electrons. The Bertz CT molecular complexity index is 73.5. The topological polar surface area (TPSA) is 0 Å². The third-order valence-corrected chi connectivity index (χ3v) is 3.64. The summed E-state index contributed by atoms with van der Waals surface area (Å²) in [7, 11) is 1.92. The molecule has 1 heterocycles. The van der Waals surface area contributed by atoms with Crippen molar-refractivity contribution < 1.29 is 0 Å². The van der Waals surface area contributed by atoms with Gasteiger partial charge in [-0.25, -0.2) is 0 Å². The minimum absolute atomic E-state index is 0.480. The van der Waals surface area contributed by atoms with Crippen molar-refractivity contribution in [3.63, 3.8) is 0 Å². The summed E-state index contributed by atoms with van der Waals surface area (Å²) in [6, 6.07) is 0. The third-order valence-electron chi connectivity index (χ3n) is 0.458. The quantitative estimate of drug-likeness (QED) is 0.481. The molecule has 1 aliphatic rings. The van der Waals surface area contributed by atoms with E-state index < -0.39 is 0 Å². The SMILES string of the molecule is C1=CS[As]C=C1. The van der Waals surface area contributed by atoms with E-state index in [1.54, 1.807) is 0 Å². The van der Waals surface area contributed by atoms with Gasteiger partial charge < -0.3 is 0 Å². The van der Waals surface area contributed by atoms with Gasteiger partial charge in [0.25, 0.3) is 0 Å². The number of rotatable bonds is 0. The average Bonchev–Trinajstić information content (AvgIpc) is 1.72. The van der Waals surface area contributed by atoms with Crippen molar-refractivity contribution in [1.82, 2.24) is 0 Å². The molecule has 0 amide bonds. The van der Waals surface area contributed by atoms with Gasteiger partial charge in [0.2, 0.25) is 0 Å². The van der Waals surface area contributed by atoms with Crippen molar-refractivity contribution in [2.24, 2.45) is 0 Å². The number of hydrogen-bond donors (Lipinski definition) is 0. The summed E-state index contributed by atoms with van der Waals surface area (Å²) in [6.45, 7) is 0. The summed E-state index contributed by atoms with van der Waals surface area (Å²) in [5.74, 6) is 0. The first-order valence-electron chi connectivity index (χ1n) is 1.68. The van der Waals surface area contributed by atoms with Crippen LogP contribution in [0.15, 0.2) is 22.4 Å². The van der Waals surface area contributed by atoms with E-state index in [-0.39, 0.29) is 0 Å². The van der Waals surface area contributed by atoms with Gasteiger partial charge in [-0.05, 0) is 0 Å². The van der Waals surface area contributed by atoms with Gasteiger partial charge in [-0.15, -0.1) is 0 Å². The molecule has 0 fully saturated rings. The van der Waals surface area contributed by atoms with Crippen LogP contribution in [0.1, 0.15) is 0 Å². The zero-order chi connectivity index (χ0) is 4.24. The monoisotopic (exact) mass is 159 g/mol. The molecule has 0 saturated heterocycles. The minimum atomic E-state index is 0.480. The van der Waals surface area contributed by atoms with Crippen LogP contribution in [0.4, 0.5) is 0 Å². The molecule has 1 aliphatic heterocycles. The van der Waals surface area contributed by atoms with E-state index in [1.165, 1.54) is 0 Å². The van der Waals surface area contributed by atoms with Gasteiger partial charge in [-0.2, -0.15) is 0 Å². The Morgan fingerprint density at radius 1 is 1.33 bits per heavy atom. The van der Waals surface area contributed by atoms with Gasteiger partial charge in [0, 0.05) is 0 Å². The predicted octanol–water partition coefficient (Wildman–Crippen LogP) is 1.38. The molecule has 0 bridgehead atoms. The first-order valence-corrected chi connectivity index (χ1v) is 5.89. The van der Waals surface area contributed by atoms with Crippen LogP contribution in [0.3, 0.4) is 0 Å². The molecule has 6 heavy (non-hydrogen) atoms. The Hall–Kier alpha value is 0.388. The molecule has 1 rings (SSSR count). The molecule has 0 spiro atoms. The van der Waals surface area contributed by atoms with Crippen molar-refractivity contribution in [2.75, 3.05) is 0 Å². The molecule has 0 aromatic heterocycles. The summed E-state index contributed by atoms with van der Waals surface area (Å²) >= 11 is 0.480. The van der Waals surface area contributed by atoms with E-state index >= 15 is 0 Å². The van der Waals surface area contributed by atoms with Crippen LogP contribution >= 0.6 is 10.0 Å². The van der Waals surface area contributed by atoms with Crippen molar-refractivity contribution in [1.29, 1.82) is 0 Å². The van der Waals surface area contributed by atoms with Gasteiger partial charge >= 0.3 is 47.0 Å². The van der Waals surface area contributed by atoms with E-state index in [2.05, 4.69) is 22.4 Å². The molecule has 0 aliphatic carbocycles. The second-order valence-corrected chi connectivity index (χ2v) is 4.85. The first kappa shape index (κ1) is 4.54. The Kier molecular flexibility index (Phi) is 1.93. The van der Waals surface area contributed by atoms with Crippen molar-refractivity contribution in [3.05, 3.63) is 22.4 Å². The van der Waals surface area contributed by atoms with Gasteiger partial charge in [0.15, 0.2) is 0 Å². The zero-order valence-corrected chi connectivity index (χ0v) is 5.86. The first-order chi connectivity index (χ1) is 3.00. The molecule has 0 atom stereocenters. The normalized spacial score (nSPS) is 22.7. The van der Waals surface area contributed by atoms with Gasteiger partial charge in [-0.1, -0.05) is 0 Å². The van der Waals surface area contributed by atoms with Crippen LogP contribution in [0.5, 0.6) is 0 Å². The summed E-state index contributed by atoms with van der Waals surface area (Å²) < 4.78 is 0. The molecule has 2 heteroatoms. The molecule has 0 unspecified atom stereocenters. The van der Waals surface area contributed by atoms with E-state index in [1.807, 2.05) is 10.0 Å². The molecule has 0 N–H and O–H groups in total. The van der Waals surface area contributed by atoms with E-state index in [9.17, 15) is 0 Å². The fraction of sp³-hybridized carbons (Fsp3) is 0. The fourth-order valence-electron chi connectivity index (χ4n) is 0.236. The van der Waals surface area contributed by atoms with Crippen LogP contribution in [-0.2, 0) is 0 Å². The maximum absolute atomic E-state index is 2.24. The average molecular weight is 159 g/mol. The van der Waals surface area contributed by atoms with Gasteiger partial charge in [0.1, 0.15) is 0 Å². The summed E-state index contributed by atoms with van der Waals surface area (Å²) in [5, 5.41) is 2.14. The Morgan fingerprint density at radius 3 is 2.50 bits per heavy atom. The van der Waals surface area contributed by atoms with E-state index in [0.29, 0.717) is 14.6 Å². The second kappa shape index (κ2) is 2.54. The van der Waals surface area contributed by atoms with Crippen LogP contribution in [0.25, 0.3) is 0 Å². The van der Waals surface area contributed by atoms with Crippen LogP contribution in [0, 0.1) is 0 Å². The molecular formula is C4H4AsS. The maximum atomic E-state index is 2.24. The molecule has 0 aromatic rings. The molecular weight excluding hydrogens is 155 g/mol. The zero-order valence-electron chi connectivity index (χ0n) is 3.16. The number of allylic oxidation sites excluding steroid dienone is 2. The van der Waals surface area contributed by atoms with Crippen molar-refractivity contribution in [3.8, 4) is 0 Å². The summed E-state index contributed by atoms with van der Waals surface area (Å²) in [4.78, 5) is 2.24. The standard InChI is InChI=1S/C4H4AsS/c1-2-4-6-5-3-1/h1-4H. The van der Waals surface area contributed by atoms with E-state index in [0.717, 1.165) is 0 Å². The van der Waals surface area contributed by atoms with Crippen LogP contribution < -0.4 is 0 Å². The Labute approximate surface area is 47.4 Å². The third kappa shape index (κ3) is 1.23.